The summed E-state index contributed by atoms with van der Waals surface area (Å²) in [7, 11) is -3.46. The predicted molar refractivity (Wildman–Crippen MR) is 86.8 cm³/mol. The van der Waals surface area contributed by atoms with Gasteiger partial charge in [0.2, 0.25) is 10.0 Å². The van der Waals surface area contributed by atoms with E-state index in [2.05, 4.69) is 15.1 Å². The first-order valence-electron chi connectivity index (χ1n) is 8.30. The summed E-state index contributed by atoms with van der Waals surface area (Å²) >= 11 is 0. The molecule has 2 fully saturated rings. The molecule has 1 aromatic rings. The molecule has 1 unspecified atom stereocenters. The van der Waals surface area contributed by atoms with E-state index >= 15 is 0 Å². The lowest BCUT2D eigenvalue weighted by Gasteiger charge is -2.36. The van der Waals surface area contributed by atoms with Crippen molar-refractivity contribution < 1.29 is 13.2 Å². The molecule has 0 aliphatic carbocycles. The van der Waals surface area contributed by atoms with Crippen LogP contribution in [0, 0.1) is 19.8 Å². The van der Waals surface area contributed by atoms with E-state index in [0.717, 1.165) is 45.7 Å². The van der Waals surface area contributed by atoms with E-state index < -0.39 is 10.0 Å². The Bertz CT molecular complexity index is 618. The van der Waals surface area contributed by atoms with Crippen molar-refractivity contribution in [2.24, 2.45) is 5.92 Å². The van der Waals surface area contributed by atoms with Crippen molar-refractivity contribution >= 4 is 10.0 Å². The quantitative estimate of drug-likeness (QED) is 0.874. The maximum atomic E-state index is 13.0. The SMILES string of the molecule is Cc1n[nH]c(C)c1S(=O)(=O)N1CCCC(CN2CCOCC2)C1. The average Bonchev–Trinajstić information content (AvgIpc) is 2.88. The number of piperidine rings is 1. The van der Waals surface area contributed by atoms with Crippen LogP contribution in [-0.4, -0.2) is 73.8 Å². The molecule has 0 spiro atoms. The number of H-pyrrole nitrogens is 1. The van der Waals surface area contributed by atoms with Crippen molar-refractivity contribution in [3.05, 3.63) is 11.4 Å². The molecule has 2 aliphatic rings. The minimum absolute atomic E-state index is 0.351. The lowest BCUT2D eigenvalue weighted by Crippen LogP contribution is -2.46. The van der Waals surface area contributed by atoms with Crippen LogP contribution in [0.15, 0.2) is 4.90 Å². The topological polar surface area (TPSA) is 78.5 Å². The van der Waals surface area contributed by atoms with Crippen molar-refractivity contribution in [2.45, 2.75) is 31.6 Å². The molecule has 0 amide bonds. The van der Waals surface area contributed by atoms with Crippen LogP contribution >= 0.6 is 0 Å². The average molecular weight is 342 g/mol. The van der Waals surface area contributed by atoms with Gasteiger partial charge >= 0.3 is 0 Å². The highest BCUT2D eigenvalue weighted by atomic mass is 32.2. The number of aromatic amines is 1. The number of sulfonamides is 1. The van der Waals surface area contributed by atoms with Gasteiger partial charge in [0, 0.05) is 32.7 Å². The number of aryl methyl sites for hydroxylation is 2. The fourth-order valence-corrected chi connectivity index (χ4v) is 5.48. The van der Waals surface area contributed by atoms with Gasteiger partial charge in [-0.05, 0) is 32.6 Å². The summed E-state index contributed by atoms with van der Waals surface area (Å²) in [5.74, 6) is 0.393. The summed E-state index contributed by atoms with van der Waals surface area (Å²) in [6, 6.07) is 0. The first kappa shape index (κ1) is 16.9. The van der Waals surface area contributed by atoms with Gasteiger partial charge in [-0.2, -0.15) is 9.40 Å². The summed E-state index contributed by atoms with van der Waals surface area (Å²) in [5, 5.41) is 6.82. The van der Waals surface area contributed by atoms with E-state index in [1.54, 1.807) is 18.2 Å². The van der Waals surface area contributed by atoms with E-state index in [4.69, 9.17) is 4.74 Å². The van der Waals surface area contributed by atoms with Crippen molar-refractivity contribution in [1.29, 1.82) is 0 Å². The maximum Gasteiger partial charge on any atom is 0.246 e. The highest BCUT2D eigenvalue weighted by Crippen LogP contribution is 2.27. The van der Waals surface area contributed by atoms with Gasteiger partial charge in [-0.25, -0.2) is 8.42 Å². The van der Waals surface area contributed by atoms with E-state index in [9.17, 15) is 8.42 Å². The Morgan fingerprint density at radius 1 is 1.26 bits per heavy atom. The Kier molecular flexibility index (Phi) is 5.05. The molecule has 0 aromatic carbocycles. The van der Waals surface area contributed by atoms with Crippen molar-refractivity contribution in [1.82, 2.24) is 19.4 Å². The van der Waals surface area contributed by atoms with Crippen molar-refractivity contribution in [2.75, 3.05) is 45.9 Å². The molecular weight excluding hydrogens is 316 g/mol. The Balaban J connectivity index is 1.70. The van der Waals surface area contributed by atoms with Gasteiger partial charge in [0.05, 0.1) is 24.6 Å². The molecule has 8 heteroatoms. The number of rotatable bonds is 4. The number of ether oxygens (including phenoxy) is 1. The minimum Gasteiger partial charge on any atom is -0.379 e. The van der Waals surface area contributed by atoms with Gasteiger partial charge in [-0.15, -0.1) is 0 Å². The summed E-state index contributed by atoms with van der Waals surface area (Å²) in [4.78, 5) is 2.74. The molecule has 3 rings (SSSR count). The Morgan fingerprint density at radius 2 is 2.00 bits per heavy atom. The number of hydrogen-bond donors (Lipinski definition) is 1. The molecule has 2 saturated heterocycles. The smallest absolute Gasteiger partial charge is 0.246 e. The highest BCUT2D eigenvalue weighted by molar-refractivity contribution is 7.89. The largest absolute Gasteiger partial charge is 0.379 e. The van der Waals surface area contributed by atoms with Crippen LogP contribution in [0.1, 0.15) is 24.2 Å². The Hall–Kier alpha value is -0.960. The number of nitrogens with one attached hydrogen (secondary N) is 1. The lowest BCUT2D eigenvalue weighted by molar-refractivity contribution is 0.0265. The summed E-state index contributed by atoms with van der Waals surface area (Å²) in [6.45, 7) is 9.12. The van der Waals surface area contributed by atoms with Crippen LogP contribution in [0.25, 0.3) is 0 Å². The molecular formula is C15H26N4O3S. The molecule has 1 atom stereocenters. The zero-order valence-electron chi connectivity index (χ0n) is 13.9. The number of morpholine rings is 1. The standard InChI is InChI=1S/C15H26N4O3S/c1-12-15(13(2)17-16-12)23(20,21)19-5-3-4-14(11-19)10-18-6-8-22-9-7-18/h14H,3-11H2,1-2H3,(H,16,17). The molecule has 0 radical (unpaired) electrons. The Morgan fingerprint density at radius 3 is 2.65 bits per heavy atom. The Labute approximate surface area is 138 Å². The summed E-state index contributed by atoms with van der Waals surface area (Å²) < 4.78 is 32.9. The predicted octanol–water partition coefficient (Wildman–Crippen LogP) is 0.759. The first-order valence-corrected chi connectivity index (χ1v) is 9.74. The third-order valence-electron chi connectivity index (χ3n) is 4.76. The third-order valence-corrected chi connectivity index (χ3v) is 6.89. The van der Waals surface area contributed by atoms with Crippen molar-refractivity contribution in [3.63, 3.8) is 0 Å². The molecule has 1 N–H and O–H groups in total. The van der Waals surface area contributed by atoms with Crippen LogP contribution in [0.5, 0.6) is 0 Å². The normalized spacial score (nSPS) is 24.9. The molecule has 1 aromatic heterocycles. The maximum absolute atomic E-state index is 13.0. The highest BCUT2D eigenvalue weighted by Gasteiger charge is 2.34. The van der Waals surface area contributed by atoms with Gasteiger partial charge in [0.15, 0.2) is 0 Å². The van der Waals surface area contributed by atoms with Crippen LogP contribution < -0.4 is 0 Å². The molecule has 3 heterocycles. The number of nitrogens with zero attached hydrogens (tertiary/aromatic N) is 3. The van der Waals surface area contributed by atoms with Crippen LogP contribution in [0.2, 0.25) is 0 Å². The third kappa shape index (κ3) is 3.60. The molecule has 23 heavy (non-hydrogen) atoms. The van der Waals surface area contributed by atoms with Gasteiger partial charge in [0.25, 0.3) is 0 Å². The monoisotopic (exact) mass is 342 g/mol. The number of aromatic nitrogens is 2. The second-order valence-corrected chi connectivity index (χ2v) is 8.42. The minimum atomic E-state index is -3.46. The fourth-order valence-electron chi connectivity index (χ4n) is 3.59. The lowest BCUT2D eigenvalue weighted by atomic mass is 9.99. The van der Waals surface area contributed by atoms with Crippen LogP contribution in [0.4, 0.5) is 0 Å². The van der Waals surface area contributed by atoms with E-state index in [1.165, 1.54) is 0 Å². The first-order chi connectivity index (χ1) is 11.0. The van der Waals surface area contributed by atoms with E-state index in [1.807, 2.05) is 0 Å². The van der Waals surface area contributed by atoms with Crippen molar-refractivity contribution in [3.8, 4) is 0 Å². The van der Waals surface area contributed by atoms with Gasteiger partial charge in [0.1, 0.15) is 4.90 Å². The molecule has 7 nitrogen and oxygen atoms in total. The molecule has 130 valence electrons. The fraction of sp³-hybridized carbons (Fsp3) is 0.800. The van der Waals surface area contributed by atoms with Gasteiger partial charge < -0.3 is 4.74 Å². The zero-order chi connectivity index (χ0) is 16.4. The second-order valence-electron chi connectivity index (χ2n) is 6.55. The van der Waals surface area contributed by atoms with Crippen LogP contribution in [0.3, 0.4) is 0 Å². The van der Waals surface area contributed by atoms with Crippen LogP contribution in [-0.2, 0) is 14.8 Å². The number of hydrogen-bond acceptors (Lipinski definition) is 5. The van der Waals surface area contributed by atoms with E-state index in [0.29, 0.717) is 35.3 Å². The molecule has 2 aliphatic heterocycles. The van der Waals surface area contributed by atoms with Gasteiger partial charge in [-0.1, -0.05) is 0 Å². The molecule has 0 saturated carbocycles. The summed E-state index contributed by atoms with van der Waals surface area (Å²) in [6.07, 6.45) is 2.01. The van der Waals surface area contributed by atoms with Gasteiger partial charge in [-0.3, -0.25) is 10.00 Å². The summed E-state index contributed by atoms with van der Waals surface area (Å²) in [5.41, 5.74) is 1.18. The zero-order valence-corrected chi connectivity index (χ0v) is 14.7. The second kappa shape index (κ2) is 6.88. The molecule has 0 bridgehead atoms. The van der Waals surface area contributed by atoms with E-state index in [-0.39, 0.29) is 0 Å².